The minimum Gasteiger partial charge on any atom is -0.398 e. The normalized spacial score (nSPS) is 10.9. The van der Waals surface area contributed by atoms with Gasteiger partial charge < -0.3 is 5.73 Å². The molecule has 0 radical (unpaired) electrons. The summed E-state index contributed by atoms with van der Waals surface area (Å²) in [7, 11) is -3.88. The lowest BCUT2D eigenvalue weighted by molar-refractivity contribution is 0.601. The Morgan fingerprint density at radius 3 is 2.57 bits per heavy atom. The quantitative estimate of drug-likeness (QED) is 0.791. The van der Waals surface area contributed by atoms with Crippen molar-refractivity contribution >= 4 is 48.9 Å². The topological polar surface area (TPSA) is 96.0 Å². The third-order valence-corrected chi connectivity index (χ3v) is 4.97. The number of nitrogen functional groups attached to an aromatic ring is 1. The van der Waals surface area contributed by atoms with Crippen LogP contribution in [0, 0.1) is 11.3 Å². The summed E-state index contributed by atoms with van der Waals surface area (Å²) < 4.78 is 27.6. The molecule has 3 N–H and O–H groups in total. The largest absolute Gasteiger partial charge is 0.398 e. The average Bonchev–Trinajstić information content (AvgIpc) is 2.42. The van der Waals surface area contributed by atoms with E-state index in [9.17, 15) is 8.42 Å². The fourth-order valence-corrected chi connectivity index (χ4v) is 3.47. The molecule has 0 amide bonds. The molecule has 2 rings (SSSR count). The van der Waals surface area contributed by atoms with Crippen molar-refractivity contribution in [3.8, 4) is 6.07 Å². The highest BCUT2D eigenvalue weighted by Gasteiger charge is 2.19. The lowest BCUT2D eigenvalue weighted by atomic mass is 10.2. The van der Waals surface area contributed by atoms with Gasteiger partial charge in [0.1, 0.15) is 4.90 Å². The molecule has 2 aromatic carbocycles. The van der Waals surface area contributed by atoms with E-state index >= 15 is 0 Å². The molecule has 0 saturated carbocycles. The Labute approximate surface area is 135 Å². The molecule has 0 aliphatic carbocycles. The fraction of sp³-hybridized carbons (Fsp3) is 0. The Balaban J connectivity index is 2.44. The first-order valence-corrected chi connectivity index (χ1v) is 8.26. The Bertz CT molecular complexity index is 847. The molecule has 0 aromatic heterocycles. The number of sulfonamides is 1. The SMILES string of the molecule is N#Cc1ccc(S(=O)(=O)Nc2cc(Cl)ccc2Br)c(N)c1. The predicted octanol–water partition coefficient (Wildman–Crippen LogP) is 3.36. The second-order valence-corrected chi connectivity index (χ2v) is 7.04. The first-order valence-electron chi connectivity index (χ1n) is 5.61. The van der Waals surface area contributed by atoms with E-state index in [-0.39, 0.29) is 16.1 Å². The molecule has 0 bridgehead atoms. The Hall–Kier alpha value is -1.75. The minimum atomic E-state index is -3.88. The van der Waals surface area contributed by atoms with Crippen LogP contribution in [-0.2, 0) is 10.0 Å². The molecule has 5 nitrogen and oxygen atoms in total. The van der Waals surface area contributed by atoms with E-state index in [1.807, 2.05) is 6.07 Å². The first kappa shape index (κ1) is 15.6. The molecular weight excluding hydrogens is 378 g/mol. The van der Waals surface area contributed by atoms with Crippen molar-refractivity contribution in [2.45, 2.75) is 4.90 Å². The highest BCUT2D eigenvalue weighted by Crippen LogP contribution is 2.29. The fourth-order valence-electron chi connectivity index (χ4n) is 1.64. The van der Waals surface area contributed by atoms with Crippen LogP contribution in [0.5, 0.6) is 0 Å². The monoisotopic (exact) mass is 385 g/mol. The molecule has 0 atom stereocenters. The lowest BCUT2D eigenvalue weighted by Crippen LogP contribution is -2.15. The van der Waals surface area contributed by atoms with Gasteiger partial charge in [-0.25, -0.2) is 8.42 Å². The summed E-state index contributed by atoms with van der Waals surface area (Å²) in [6, 6.07) is 10.6. The third kappa shape index (κ3) is 3.47. The molecule has 0 aliphatic heterocycles. The first-order chi connectivity index (χ1) is 9.83. The smallest absolute Gasteiger partial charge is 0.263 e. The summed E-state index contributed by atoms with van der Waals surface area (Å²) in [5.74, 6) is 0. The third-order valence-electron chi connectivity index (χ3n) is 2.60. The molecule has 2 aromatic rings. The molecule has 0 aliphatic rings. The lowest BCUT2D eigenvalue weighted by Gasteiger charge is -2.12. The van der Waals surface area contributed by atoms with Crippen LogP contribution in [0.2, 0.25) is 5.02 Å². The molecule has 8 heteroatoms. The number of nitrogens with two attached hydrogens (primary N) is 1. The van der Waals surface area contributed by atoms with Crippen LogP contribution in [0.25, 0.3) is 0 Å². The zero-order valence-electron chi connectivity index (χ0n) is 10.5. The van der Waals surface area contributed by atoms with Gasteiger partial charge >= 0.3 is 0 Å². The number of rotatable bonds is 3. The van der Waals surface area contributed by atoms with Crippen molar-refractivity contribution in [2.75, 3.05) is 10.5 Å². The zero-order chi connectivity index (χ0) is 15.6. The number of nitriles is 1. The summed E-state index contributed by atoms with van der Waals surface area (Å²) in [6.45, 7) is 0. The summed E-state index contributed by atoms with van der Waals surface area (Å²) in [5.41, 5.74) is 6.28. The van der Waals surface area contributed by atoms with E-state index in [2.05, 4.69) is 20.7 Å². The summed E-state index contributed by atoms with van der Waals surface area (Å²) >= 11 is 9.08. The molecule has 0 saturated heterocycles. The molecule has 0 unspecified atom stereocenters. The maximum Gasteiger partial charge on any atom is 0.263 e. The maximum atomic E-state index is 12.3. The van der Waals surface area contributed by atoms with Gasteiger partial charge in [0.15, 0.2) is 0 Å². The van der Waals surface area contributed by atoms with Crippen LogP contribution in [0.15, 0.2) is 45.8 Å². The maximum absolute atomic E-state index is 12.3. The number of anilines is 2. The number of nitrogens with zero attached hydrogens (tertiary/aromatic N) is 1. The number of hydrogen-bond donors (Lipinski definition) is 2. The van der Waals surface area contributed by atoms with Gasteiger partial charge in [-0.2, -0.15) is 5.26 Å². The van der Waals surface area contributed by atoms with Gasteiger partial charge in [0.2, 0.25) is 0 Å². The van der Waals surface area contributed by atoms with Gasteiger partial charge in [-0.15, -0.1) is 0 Å². The van der Waals surface area contributed by atoms with Gasteiger partial charge in [0, 0.05) is 9.50 Å². The Morgan fingerprint density at radius 2 is 1.95 bits per heavy atom. The molecule has 21 heavy (non-hydrogen) atoms. The van der Waals surface area contributed by atoms with Crippen LogP contribution in [-0.4, -0.2) is 8.42 Å². The van der Waals surface area contributed by atoms with Gasteiger partial charge in [0.25, 0.3) is 10.0 Å². The van der Waals surface area contributed by atoms with Crippen LogP contribution < -0.4 is 10.5 Å². The van der Waals surface area contributed by atoms with E-state index in [4.69, 9.17) is 22.6 Å². The second-order valence-electron chi connectivity index (χ2n) is 4.09. The van der Waals surface area contributed by atoms with E-state index in [0.29, 0.717) is 15.2 Å². The van der Waals surface area contributed by atoms with E-state index in [1.54, 1.807) is 12.1 Å². The van der Waals surface area contributed by atoms with Crippen molar-refractivity contribution in [3.63, 3.8) is 0 Å². The molecule has 0 fully saturated rings. The summed E-state index contributed by atoms with van der Waals surface area (Å²) in [4.78, 5) is -0.103. The summed E-state index contributed by atoms with van der Waals surface area (Å²) in [5, 5.41) is 9.16. The average molecular weight is 387 g/mol. The van der Waals surface area contributed by atoms with Gasteiger partial charge in [0.05, 0.1) is 23.0 Å². The number of nitrogens with one attached hydrogen (secondary N) is 1. The van der Waals surface area contributed by atoms with Crippen molar-refractivity contribution in [2.24, 2.45) is 0 Å². The van der Waals surface area contributed by atoms with Gasteiger partial charge in [-0.05, 0) is 52.3 Å². The summed E-state index contributed by atoms with van der Waals surface area (Å²) in [6.07, 6.45) is 0. The van der Waals surface area contributed by atoms with Crippen molar-refractivity contribution in [1.29, 1.82) is 5.26 Å². The van der Waals surface area contributed by atoms with Gasteiger partial charge in [-0.1, -0.05) is 11.6 Å². The van der Waals surface area contributed by atoms with Crippen molar-refractivity contribution in [1.82, 2.24) is 0 Å². The van der Waals surface area contributed by atoms with Gasteiger partial charge in [-0.3, -0.25) is 4.72 Å². The number of benzene rings is 2. The van der Waals surface area contributed by atoms with Crippen molar-refractivity contribution < 1.29 is 8.42 Å². The number of hydrogen-bond acceptors (Lipinski definition) is 4. The highest BCUT2D eigenvalue weighted by molar-refractivity contribution is 9.10. The van der Waals surface area contributed by atoms with Crippen LogP contribution in [0.3, 0.4) is 0 Å². The van der Waals surface area contributed by atoms with E-state index in [1.165, 1.54) is 24.3 Å². The van der Waals surface area contributed by atoms with Crippen LogP contribution in [0.4, 0.5) is 11.4 Å². The zero-order valence-corrected chi connectivity index (χ0v) is 13.6. The number of halogens is 2. The molecule has 0 spiro atoms. The van der Waals surface area contributed by atoms with E-state index < -0.39 is 10.0 Å². The van der Waals surface area contributed by atoms with Crippen LogP contribution >= 0.6 is 27.5 Å². The Kier molecular flexibility index (Phi) is 4.42. The molecule has 0 heterocycles. The second kappa shape index (κ2) is 5.93. The minimum absolute atomic E-state index is 0.000277. The van der Waals surface area contributed by atoms with Crippen LogP contribution in [0.1, 0.15) is 5.56 Å². The van der Waals surface area contributed by atoms with Crippen molar-refractivity contribution in [3.05, 3.63) is 51.5 Å². The highest BCUT2D eigenvalue weighted by atomic mass is 79.9. The molecular formula is C13H9BrClN3O2S. The Morgan fingerprint density at radius 1 is 1.24 bits per heavy atom. The predicted molar refractivity (Wildman–Crippen MR) is 85.5 cm³/mol. The van der Waals surface area contributed by atoms with E-state index in [0.717, 1.165) is 0 Å². The standard InChI is InChI=1S/C13H9BrClN3O2S/c14-10-3-2-9(15)6-12(10)18-21(19,20)13-4-1-8(7-16)5-11(13)17/h1-6,18H,17H2. The molecule has 108 valence electrons.